The molecule has 1 heterocycles. The summed E-state index contributed by atoms with van der Waals surface area (Å²) in [5, 5.41) is 3.00. The smallest absolute Gasteiger partial charge is 0.238 e. The number of thioether (sulfide) groups is 1. The molecule has 1 fully saturated rings. The third-order valence-corrected chi connectivity index (χ3v) is 6.23. The molecule has 7 heteroatoms. The number of benzene rings is 2. The summed E-state index contributed by atoms with van der Waals surface area (Å²) in [6.07, 6.45) is 1.25. The highest BCUT2D eigenvalue weighted by molar-refractivity contribution is 7.99. The van der Waals surface area contributed by atoms with E-state index in [0.717, 1.165) is 17.7 Å². The lowest BCUT2D eigenvalue weighted by Gasteiger charge is -2.34. The van der Waals surface area contributed by atoms with Crippen LogP contribution in [0.3, 0.4) is 0 Å². The number of hydrogen-bond acceptors (Lipinski definition) is 4. The Hall–Kier alpha value is -2.38. The summed E-state index contributed by atoms with van der Waals surface area (Å²) < 4.78 is 13.6. The highest BCUT2D eigenvalue weighted by Crippen LogP contribution is 2.22. The van der Waals surface area contributed by atoms with E-state index in [4.69, 9.17) is 0 Å². The van der Waals surface area contributed by atoms with Crippen LogP contribution in [0.15, 0.2) is 53.4 Å². The summed E-state index contributed by atoms with van der Waals surface area (Å²) in [5.74, 6) is 0.361. The number of carbonyl (C=O) groups excluding carboxylic acids is 2. The first kappa shape index (κ1) is 22.3. The van der Waals surface area contributed by atoms with Gasteiger partial charge in [-0.1, -0.05) is 37.3 Å². The topological polar surface area (TPSA) is 52.7 Å². The van der Waals surface area contributed by atoms with E-state index < -0.39 is 0 Å². The van der Waals surface area contributed by atoms with Crippen molar-refractivity contribution < 1.29 is 14.0 Å². The summed E-state index contributed by atoms with van der Waals surface area (Å²) in [6, 6.07) is 14.4. The van der Waals surface area contributed by atoms with Gasteiger partial charge in [0.1, 0.15) is 5.82 Å². The molecule has 0 aliphatic carbocycles. The fourth-order valence-corrected chi connectivity index (χ4v) is 4.34. The molecule has 2 amide bonds. The first-order valence-electron chi connectivity index (χ1n) is 10.3. The molecule has 1 aliphatic rings. The van der Waals surface area contributed by atoms with E-state index in [1.165, 1.54) is 17.8 Å². The van der Waals surface area contributed by atoms with E-state index in [1.54, 1.807) is 18.2 Å². The standard InChI is InChI=1S/C23H28FN3O2S/c1-2-18-7-3-5-9-20(18)25-22(28)17-26-12-14-27(15-13-26)23(29)11-16-30-21-10-6-4-8-19(21)24/h3-10H,2,11-17H2,1H3,(H,25,28). The van der Waals surface area contributed by atoms with Crippen molar-refractivity contribution in [3.05, 3.63) is 59.9 Å². The minimum atomic E-state index is -0.247. The Balaban J connectivity index is 1.38. The van der Waals surface area contributed by atoms with Crippen LogP contribution in [0.25, 0.3) is 0 Å². The Labute approximate surface area is 181 Å². The molecule has 2 aromatic rings. The third kappa shape index (κ3) is 6.31. The number of halogens is 1. The Bertz CT molecular complexity index is 869. The first-order chi connectivity index (χ1) is 14.6. The van der Waals surface area contributed by atoms with Gasteiger partial charge in [0.15, 0.2) is 0 Å². The Morgan fingerprint density at radius 2 is 1.73 bits per heavy atom. The molecule has 160 valence electrons. The van der Waals surface area contributed by atoms with Crippen LogP contribution in [0.5, 0.6) is 0 Å². The Kier molecular flexibility index (Phi) is 8.28. The van der Waals surface area contributed by atoms with E-state index >= 15 is 0 Å². The summed E-state index contributed by atoms with van der Waals surface area (Å²) >= 11 is 1.37. The number of aryl methyl sites for hydroxylation is 1. The van der Waals surface area contributed by atoms with Gasteiger partial charge in [0, 0.05) is 48.9 Å². The lowest BCUT2D eigenvalue weighted by atomic mass is 10.1. The fourth-order valence-electron chi connectivity index (χ4n) is 3.47. The lowest BCUT2D eigenvalue weighted by Crippen LogP contribution is -2.50. The number of nitrogens with zero attached hydrogens (tertiary/aromatic N) is 2. The van der Waals surface area contributed by atoms with Crippen LogP contribution in [-0.2, 0) is 16.0 Å². The van der Waals surface area contributed by atoms with E-state index in [9.17, 15) is 14.0 Å². The molecule has 5 nitrogen and oxygen atoms in total. The normalized spacial score (nSPS) is 14.5. The molecule has 30 heavy (non-hydrogen) atoms. The number of anilines is 1. The van der Waals surface area contributed by atoms with Crippen LogP contribution in [0, 0.1) is 5.82 Å². The van der Waals surface area contributed by atoms with Crippen molar-refractivity contribution in [1.82, 2.24) is 9.80 Å². The molecule has 0 unspecified atom stereocenters. The van der Waals surface area contributed by atoms with Gasteiger partial charge in [-0.15, -0.1) is 11.8 Å². The zero-order valence-corrected chi connectivity index (χ0v) is 18.1. The van der Waals surface area contributed by atoms with Gasteiger partial charge in [0.25, 0.3) is 0 Å². The first-order valence-corrected chi connectivity index (χ1v) is 11.3. The molecular weight excluding hydrogens is 401 g/mol. The molecule has 2 aromatic carbocycles. The van der Waals surface area contributed by atoms with Gasteiger partial charge in [-0.05, 0) is 30.2 Å². The highest BCUT2D eigenvalue weighted by Gasteiger charge is 2.22. The Morgan fingerprint density at radius 1 is 1.03 bits per heavy atom. The van der Waals surface area contributed by atoms with Gasteiger partial charge in [-0.3, -0.25) is 14.5 Å². The van der Waals surface area contributed by atoms with Crippen LogP contribution in [0.1, 0.15) is 18.9 Å². The third-order valence-electron chi connectivity index (χ3n) is 5.17. The maximum atomic E-state index is 13.6. The minimum Gasteiger partial charge on any atom is -0.340 e. The summed E-state index contributed by atoms with van der Waals surface area (Å²) in [4.78, 5) is 29.3. The van der Waals surface area contributed by atoms with Crippen LogP contribution in [-0.4, -0.2) is 60.1 Å². The van der Waals surface area contributed by atoms with E-state index in [-0.39, 0.29) is 17.6 Å². The van der Waals surface area contributed by atoms with Crippen LogP contribution in [0.4, 0.5) is 10.1 Å². The zero-order valence-electron chi connectivity index (χ0n) is 17.3. The van der Waals surface area contributed by atoms with Crippen LogP contribution >= 0.6 is 11.8 Å². The molecule has 1 saturated heterocycles. The van der Waals surface area contributed by atoms with Gasteiger partial charge in [-0.25, -0.2) is 4.39 Å². The van der Waals surface area contributed by atoms with Gasteiger partial charge in [0.05, 0.1) is 6.54 Å². The van der Waals surface area contributed by atoms with Gasteiger partial charge < -0.3 is 10.2 Å². The van der Waals surface area contributed by atoms with E-state index in [0.29, 0.717) is 49.8 Å². The molecule has 0 saturated carbocycles. The second-order valence-corrected chi connectivity index (χ2v) is 8.38. The number of rotatable bonds is 8. The second kappa shape index (κ2) is 11.1. The number of hydrogen-bond donors (Lipinski definition) is 1. The summed E-state index contributed by atoms with van der Waals surface area (Å²) in [7, 11) is 0. The lowest BCUT2D eigenvalue weighted by molar-refractivity contribution is -0.132. The minimum absolute atomic E-state index is 0.0306. The molecule has 3 rings (SSSR count). The van der Waals surface area contributed by atoms with E-state index in [1.807, 2.05) is 29.2 Å². The maximum Gasteiger partial charge on any atom is 0.238 e. The average Bonchev–Trinajstić information content (AvgIpc) is 2.76. The zero-order chi connectivity index (χ0) is 21.3. The van der Waals surface area contributed by atoms with Crippen molar-refractivity contribution >= 4 is 29.3 Å². The molecule has 0 aromatic heterocycles. The number of piperazine rings is 1. The number of para-hydroxylation sites is 1. The molecule has 1 N–H and O–H groups in total. The van der Waals surface area contributed by atoms with Gasteiger partial charge in [-0.2, -0.15) is 0 Å². The summed E-state index contributed by atoms with van der Waals surface area (Å²) in [6.45, 7) is 4.97. The SMILES string of the molecule is CCc1ccccc1NC(=O)CN1CCN(C(=O)CCSc2ccccc2F)CC1. The van der Waals surface area contributed by atoms with Crippen molar-refractivity contribution in [1.29, 1.82) is 0 Å². The predicted molar refractivity (Wildman–Crippen MR) is 119 cm³/mol. The fraction of sp³-hybridized carbons (Fsp3) is 0.391. The average molecular weight is 430 g/mol. The number of carbonyl (C=O) groups is 2. The second-order valence-electron chi connectivity index (χ2n) is 7.24. The quantitative estimate of drug-likeness (QED) is 0.651. The van der Waals surface area contributed by atoms with Gasteiger partial charge in [0.2, 0.25) is 11.8 Å². The monoisotopic (exact) mass is 429 g/mol. The molecule has 0 spiro atoms. The molecule has 0 bridgehead atoms. The van der Waals surface area contributed by atoms with Crippen LogP contribution in [0.2, 0.25) is 0 Å². The maximum absolute atomic E-state index is 13.6. The van der Waals surface area contributed by atoms with Crippen molar-refractivity contribution in [3.8, 4) is 0 Å². The highest BCUT2D eigenvalue weighted by atomic mass is 32.2. The van der Waals surface area contributed by atoms with Crippen molar-refractivity contribution in [2.24, 2.45) is 0 Å². The van der Waals surface area contributed by atoms with E-state index in [2.05, 4.69) is 17.1 Å². The number of amides is 2. The molecule has 0 radical (unpaired) electrons. The molecule has 1 aliphatic heterocycles. The van der Waals surface area contributed by atoms with Gasteiger partial charge >= 0.3 is 0 Å². The van der Waals surface area contributed by atoms with Crippen molar-refractivity contribution in [3.63, 3.8) is 0 Å². The predicted octanol–water partition coefficient (Wildman–Crippen LogP) is 3.65. The molecular formula is C23H28FN3O2S. The number of nitrogens with one attached hydrogen (secondary N) is 1. The largest absolute Gasteiger partial charge is 0.340 e. The van der Waals surface area contributed by atoms with Crippen LogP contribution < -0.4 is 5.32 Å². The van der Waals surface area contributed by atoms with Crippen molar-refractivity contribution in [2.75, 3.05) is 43.8 Å². The molecule has 0 atom stereocenters. The van der Waals surface area contributed by atoms with Crippen molar-refractivity contribution in [2.45, 2.75) is 24.7 Å². The summed E-state index contributed by atoms with van der Waals surface area (Å²) in [5.41, 5.74) is 1.99. The Morgan fingerprint density at radius 3 is 2.47 bits per heavy atom.